The molecule has 1 aliphatic heterocycles. The fourth-order valence-corrected chi connectivity index (χ4v) is 4.56. The molecule has 1 aromatic carbocycles. The van der Waals surface area contributed by atoms with Gasteiger partial charge in [-0.3, -0.25) is 14.5 Å². The first-order chi connectivity index (χ1) is 11.4. The van der Waals surface area contributed by atoms with Crippen LogP contribution in [0.15, 0.2) is 30.3 Å². The first kappa shape index (κ1) is 17.0. The maximum atomic E-state index is 12.2. The van der Waals surface area contributed by atoms with E-state index in [0.717, 1.165) is 25.7 Å². The van der Waals surface area contributed by atoms with Crippen LogP contribution in [0.3, 0.4) is 0 Å². The molecule has 3 rings (SSSR count). The molecule has 1 N–H and O–H groups in total. The Morgan fingerprint density at radius 1 is 1.17 bits per heavy atom. The second-order valence-corrected chi connectivity index (χ2v) is 7.61. The molecule has 0 bridgehead atoms. The molecule has 2 fully saturated rings. The van der Waals surface area contributed by atoms with Gasteiger partial charge in [0.2, 0.25) is 5.91 Å². The van der Waals surface area contributed by atoms with E-state index in [1.165, 1.54) is 10.5 Å². The van der Waals surface area contributed by atoms with E-state index in [0.29, 0.717) is 13.0 Å². The van der Waals surface area contributed by atoms with Crippen molar-refractivity contribution in [3.8, 4) is 0 Å². The van der Waals surface area contributed by atoms with Gasteiger partial charge in [-0.2, -0.15) is 0 Å². The summed E-state index contributed by atoms with van der Waals surface area (Å²) in [4.78, 5) is 27.0. The monoisotopic (exact) mass is 330 g/mol. The van der Waals surface area contributed by atoms with Crippen LogP contribution in [-0.2, 0) is 15.1 Å². The van der Waals surface area contributed by atoms with Crippen molar-refractivity contribution in [3.63, 3.8) is 0 Å². The number of hydrogen-bond donors (Lipinski definition) is 1. The third-order valence-corrected chi connectivity index (χ3v) is 6.04. The summed E-state index contributed by atoms with van der Waals surface area (Å²) in [6.45, 7) is 0.425. The van der Waals surface area contributed by atoms with Crippen molar-refractivity contribution in [2.45, 2.75) is 37.6 Å². The molecule has 130 valence electrons. The lowest BCUT2D eigenvalue weighted by Crippen LogP contribution is -2.47. The van der Waals surface area contributed by atoms with Gasteiger partial charge in [0.05, 0.1) is 0 Å². The predicted octanol–water partition coefficient (Wildman–Crippen LogP) is 2.32. The lowest BCUT2D eigenvalue weighted by molar-refractivity contribution is -0.142. The molecule has 1 spiro atoms. The van der Waals surface area contributed by atoms with E-state index < -0.39 is 5.97 Å². The van der Waals surface area contributed by atoms with Crippen LogP contribution in [0.4, 0.5) is 0 Å². The molecule has 1 aromatic rings. The summed E-state index contributed by atoms with van der Waals surface area (Å²) in [6.07, 6.45) is 4.42. The van der Waals surface area contributed by atoms with Crippen molar-refractivity contribution in [2.75, 3.05) is 27.2 Å². The summed E-state index contributed by atoms with van der Waals surface area (Å²) in [5.41, 5.74) is 1.30. The summed E-state index contributed by atoms with van der Waals surface area (Å²) < 4.78 is 0. The first-order valence-electron chi connectivity index (χ1n) is 8.60. The molecule has 5 heteroatoms. The van der Waals surface area contributed by atoms with Gasteiger partial charge in [-0.25, -0.2) is 0 Å². The number of carboxylic acid groups (broad SMARTS) is 1. The zero-order valence-electron chi connectivity index (χ0n) is 14.5. The van der Waals surface area contributed by atoms with Crippen molar-refractivity contribution < 1.29 is 14.7 Å². The van der Waals surface area contributed by atoms with Gasteiger partial charge in [0.1, 0.15) is 6.54 Å². The van der Waals surface area contributed by atoms with Gasteiger partial charge < -0.3 is 10.0 Å². The molecule has 1 heterocycles. The Hall–Kier alpha value is -1.88. The van der Waals surface area contributed by atoms with Crippen LogP contribution in [0.25, 0.3) is 0 Å². The summed E-state index contributed by atoms with van der Waals surface area (Å²) in [6, 6.07) is 10.6. The number of amides is 1. The quantitative estimate of drug-likeness (QED) is 0.920. The molecular formula is C19H26N2O3. The summed E-state index contributed by atoms with van der Waals surface area (Å²) in [7, 11) is 4.25. The van der Waals surface area contributed by atoms with Crippen LogP contribution in [0.2, 0.25) is 0 Å². The molecule has 0 aromatic heterocycles. The number of nitrogens with zero attached hydrogens (tertiary/aromatic N) is 2. The Bertz CT molecular complexity index is 619. The second kappa shape index (κ2) is 6.20. The number of rotatable bonds is 4. The minimum atomic E-state index is -0.928. The Labute approximate surface area is 143 Å². The van der Waals surface area contributed by atoms with Crippen LogP contribution >= 0.6 is 0 Å². The maximum Gasteiger partial charge on any atom is 0.323 e. The third kappa shape index (κ3) is 2.93. The van der Waals surface area contributed by atoms with Crippen LogP contribution < -0.4 is 0 Å². The van der Waals surface area contributed by atoms with Gasteiger partial charge in [0.15, 0.2) is 0 Å². The number of hydrogen-bond acceptors (Lipinski definition) is 3. The lowest BCUT2D eigenvalue weighted by Gasteiger charge is -2.48. The number of aliphatic carboxylic acids is 1. The van der Waals surface area contributed by atoms with E-state index in [4.69, 9.17) is 5.11 Å². The van der Waals surface area contributed by atoms with Crippen LogP contribution in [0.1, 0.15) is 37.7 Å². The highest BCUT2D eigenvalue weighted by Crippen LogP contribution is 2.51. The smallest absolute Gasteiger partial charge is 0.323 e. The lowest BCUT2D eigenvalue weighted by atomic mass is 9.64. The summed E-state index contributed by atoms with van der Waals surface area (Å²) in [5.74, 6) is -0.933. The molecular weight excluding hydrogens is 304 g/mol. The zero-order valence-corrected chi connectivity index (χ0v) is 14.5. The second-order valence-electron chi connectivity index (χ2n) is 7.61. The molecule has 1 saturated heterocycles. The largest absolute Gasteiger partial charge is 0.480 e. The highest BCUT2D eigenvalue weighted by atomic mass is 16.4. The first-order valence-corrected chi connectivity index (χ1v) is 8.60. The Balaban J connectivity index is 1.77. The fourth-order valence-electron chi connectivity index (χ4n) is 4.56. The molecule has 1 aliphatic carbocycles. The summed E-state index contributed by atoms with van der Waals surface area (Å²) >= 11 is 0. The summed E-state index contributed by atoms with van der Waals surface area (Å²) in [5, 5.41) is 8.98. The molecule has 24 heavy (non-hydrogen) atoms. The highest BCUT2D eigenvalue weighted by molar-refractivity contribution is 5.83. The standard InChI is InChI=1S/C19H26N2O3/c1-20(2)19(15-6-4-3-5-7-15)10-8-18(9-11-19)12-16(22)21(14-18)13-17(23)24/h3-7H,8-14H2,1-2H3,(H,23,24)/t18-,19+. The van der Waals surface area contributed by atoms with Gasteiger partial charge in [-0.1, -0.05) is 30.3 Å². The number of likely N-dealkylation sites (tertiary alicyclic amines) is 1. The number of carboxylic acids is 1. The van der Waals surface area contributed by atoms with Crippen molar-refractivity contribution >= 4 is 11.9 Å². The van der Waals surface area contributed by atoms with E-state index in [-0.39, 0.29) is 23.4 Å². The molecule has 0 atom stereocenters. The molecule has 2 aliphatic rings. The Kier molecular flexibility index (Phi) is 4.38. The molecule has 1 amide bonds. The van der Waals surface area contributed by atoms with Crippen molar-refractivity contribution in [2.24, 2.45) is 5.41 Å². The molecule has 0 radical (unpaired) electrons. The molecule has 0 unspecified atom stereocenters. The number of carbonyl (C=O) groups excluding carboxylic acids is 1. The van der Waals surface area contributed by atoms with E-state index in [1.54, 1.807) is 0 Å². The van der Waals surface area contributed by atoms with Crippen LogP contribution in [0, 0.1) is 5.41 Å². The topological polar surface area (TPSA) is 60.9 Å². The SMILES string of the molecule is CN(C)[C@]1(c2ccccc2)CC[C@]2(CC1)CC(=O)N(CC(=O)O)C2. The van der Waals surface area contributed by atoms with E-state index in [9.17, 15) is 9.59 Å². The van der Waals surface area contributed by atoms with E-state index >= 15 is 0 Å². The predicted molar refractivity (Wildman–Crippen MR) is 91.5 cm³/mol. The van der Waals surface area contributed by atoms with Gasteiger partial charge in [-0.05, 0) is 50.8 Å². The normalized spacial score (nSPS) is 30.3. The van der Waals surface area contributed by atoms with E-state index in [2.05, 4.69) is 43.3 Å². The van der Waals surface area contributed by atoms with Gasteiger partial charge in [0.25, 0.3) is 0 Å². The van der Waals surface area contributed by atoms with Crippen LogP contribution in [-0.4, -0.2) is 54.0 Å². The van der Waals surface area contributed by atoms with Gasteiger partial charge >= 0.3 is 5.97 Å². The number of benzene rings is 1. The molecule has 5 nitrogen and oxygen atoms in total. The van der Waals surface area contributed by atoms with E-state index in [1.807, 2.05) is 6.07 Å². The minimum Gasteiger partial charge on any atom is -0.480 e. The van der Waals surface area contributed by atoms with Crippen molar-refractivity contribution in [1.82, 2.24) is 9.80 Å². The average molecular weight is 330 g/mol. The third-order valence-electron chi connectivity index (χ3n) is 6.04. The minimum absolute atomic E-state index is 0.00513. The van der Waals surface area contributed by atoms with Gasteiger partial charge in [-0.15, -0.1) is 0 Å². The Morgan fingerprint density at radius 2 is 1.79 bits per heavy atom. The average Bonchev–Trinajstić information content (AvgIpc) is 2.84. The number of carbonyl (C=O) groups is 2. The van der Waals surface area contributed by atoms with Crippen molar-refractivity contribution in [1.29, 1.82) is 0 Å². The molecule has 1 saturated carbocycles. The highest BCUT2D eigenvalue weighted by Gasteiger charge is 2.50. The van der Waals surface area contributed by atoms with Gasteiger partial charge in [0, 0.05) is 18.5 Å². The van der Waals surface area contributed by atoms with Crippen LogP contribution in [0.5, 0.6) is 0 Å². The fraction of sp³-hybridized carbons (Fsp3) is 0.579. The van der Waals surface area contributed by atoms with Crippen molar-refractivity contribution in [3.05, 3.63) is 35.9 Å². The Morgan fingerprint density at radius 3 is 2.33 bits per heavy atom. The maximum absolute atomic E-state index is 12.2. The zero-order chi connectivity index (χ0) is 17.4.